The van der Waals surface area contributed by atoms with Gasteiger partial charge >= 0.3 is 0 Å². The van der Waals surface area contributed by atoms with Crippen molar-refractivity contribution in [3.05, 3.63) is 41.2 Å². The Kier molecular flexibility index (Phi) is 3.29. The van der Waals surface area contributed by atoms with Crippen LogP contribution in [0.1, 0.15) is 5.76 Å². The van der Waals surface area contributed by atoms with Crippen LogP contribution in [-0.2, 0) is 6.42 Å². The lowest BCUT2D eigenvalue weighted by Gasteiger charge is -1.95. The molecule has 0 aliphatic heterocycles. The maximum Gasteiger partial charge on any atom is 0.226 e. The van der Waals surface area contributed by atoms with Crippen LogP contribution in [0.5, 0.6) is 0 Å². The van der Waals surface area contributed by atoms with Crippen molar-refractivity contribution in [3.63, 3.8) is 0 Å². The Balaban J connectivity index is 2.25. The van der Waals surface area contributed by atoms with Crippen molar-refractivity contribution >= 4 is 23.2 Å². The van der Waals surface area contributed by atoms with Crippen LogP contribution in [0.15, 0.2) is 34.9 Å². The van der Waals surface area contributed by atoms with E-state index in [1.54, 1.807) is 6.20 Å². The number of aromatic nitrogens is 1. The highest BCUT2D eigenvalue weighted by Gasteiger charge is 2.05. The topological polar surface area (TPSA) is 26.0 Å². The molecule has 78 valence electrons. The monoisotopic (exact) mass is 241 g/mol. The highest BCUT2D eigenvalue weighted by atomic mass is 35.5. The Hall–Kier alpha value is -0.990. The standard InChI is InChI=1S/C11H9Cl2NO/c12-6-5-10-7-14-11(15-10)8-1-3-9(13)4-2-8/h1-4,7H,5-6H2. The molecule has 1 heterocycles. The minimum Gasteiger partial charge on any atom is -0.441 e. The van der Waals surface area contributed by atoms with E-state index in [2.05, 4.69) is 4.98 Å². The van der Waals surface area contributed by atoms with Crippen molar-refractivity contribution in [1.29, 1.82) is 0 Å². The first-order valence-electron chi connectivity index (χ1n) is 4.56. The molecule has 0 fully saturated rings. The van der Waals surface area contributed by atoms with Crippen LogP contribution in [0.25, 0.3) is 11.5 Å². The van der Waals surface area contributed by atoms with Gasteiger partial charge in [-0.1, -0.05) is 11.6 Å². The van der Waals surface area contributed by atoms with Crippen molar-refractivity contribution in [2.45, 2.75) is 6.42 Å². The highest BCUT2D eigenvalue weighted by Crippen LogP contribution is 2.21. The lowest BCUT2D eigenvalue weighted by atomic mass is 10.2. The minimum atomic E-state index is 0.537. The third kappa shape index (κ3) is 2.52. The van der Waals surface area contributed by atoms with Gasteiger partial charge in [0, 0.05) is 22.9 Å². The van der Waals surface area contributed by atoms with Crippen LogP contribution in [0.4, 0.5) is 0 Å². The average molecular weight is 242 g/mol. The van der Waals surface area contributed by atoms with Gasteiger partial charge < -0.3 is 4.42 Å². The van der Waals surface area contributed by atoms with Crippen LogP contribution in [-0.4, -0.2) is 10.9 Å². The van der Waals surface area contributed by atoms with Gasteiger partial charge in [0.25, 0.3) is 0 Å². The van der Waals surface area contributed by atoms with Crippen LogP contribution in [0, 0.1) is 0 Å². The van der Waals surface area contributed by atoms with Gasteiger partial charge in [-0.2, -0.15) is 0 Å². The van der Waals surface area contributed by atoms with Crippen molar-refractivity contribution in [2.75, 3.05) is 5.88 Å². The van der Waals surface area contributed by atoms with E-state index in [0.29, 0.717) is 23.2 Å². The summed E-state index contributed by atoms with van der Waals surface area (Å²) >= 11 is 11.4. The van der Waals surface area contributed by atoms with Gasteiger partial charge in [0.05, 0.1) is 6.20 Å². The van der Waals surface area contributed by atoms with Crippen LogP contribution in [0.3, 0.4) is 0 Å². The highest BCUT2D eigenvalue weighted by molar-refractivity contribution is 6.30. The van der Waals surface area contributed by atoms with E-state index in [-0.39, 0.29) is 0 Å². The van der Waals surface area contributed by atoms with Gasteiger partial charge in [0.15, 0.2) is 0 Å². The van der Waals surface area contributed by atoms with Crippen LogP contribution in [0.2, 0.25) is 5.02 Å². The number of halogens is 2. The van der Waals surface area contributed by atoms with E-state index in [4.69, 9.17) is 27.6 Å². The number of aryl methyl sites for hydroxylation is 1. The molecule has 0 atom stereocenters. The summed E-state index contributed by atoms with van der Waals surface area (Å²) in [6, 6.07) is 7.36. The Bertz CT molecular complexity index is 436. The molecule has 4 heteroatoms. The summed E-state index contributed by atoms with van der Waals surface area (Å²) in [5, 5.41) is 0.700. The van der Waals surface area contributed by atoms with E-state index >= 15 is 0 Å². The first-order chi connectivity index (χ1) is 7.29. The largest absolute Gasteiger partial charge is 0.441 e. The molecule has 0 unspecified atom stereocenters. The second kappa shape index (κ2) is 4.69. The fourth-order valence-corrected chi connectivity index (χ4v) is 1.55. The maximum atomic E-state index is 5.79. The normalized spacial score (nSPS) is 10.5. The van der Waals surface area contributed by atoms with Gasteiger partial charge in [-0.25, -0.2) is 4.98 Å². The lowest BCUT2D eigenvalue weighted by Crippen LogP contribution is -1.80. The third-order valence-corrected chi connectivity index (χ3v) is 2.43. The summed E-state index contributed by atoms with van der Waals surface area (Å²) in [5.74, 6) is 1.94. The Morgan fingerprint density at radius 3 is 2.60 bits per heavy atom. The molecule has 0 aliphatic rings. The third-order valence-electron chi connectivity index (χ3n) is 1.99. The van der Waals surface area contributed by atoms with E-state index in [1.807, 2.05) is 24.3 Å². The Labute approximate surface area is 97.8 Å². The smallest absolute Gasteiger partial charge is 0.226 e. The summed E-state index contributed by atoms with van der Waals surface area (Å²) in [5.41, 5.74) is 0.917. The fourth-order valence-electron chi connectivity index (χ4n) is 1.24. The predicted molar refractivity (Wildman–Crippen MR) is 61.4 cm³/mol. The minimum absolute atomic E-state index is 0.537. The predicted octanol–water partition coefficient (Wildman–Crippen LogP) is 3.78. The first kappa shape index (κ1) is 10.5. The zero-order valence-corrected chi connectivity index (χ0v) is 9.42. The van der Waals surface area contributed by atoms with Gasteiger partial charge in [-0.3, -0.25) is 0 Å². The van der Waals surface area contributed by atoms with Crippen molar-refractivity contribution < 1.29 is 4.42 Å². The van der Waals surface area contributed by atoms with Crippen LogP contribution < -0.4 is 0 Å². The molecule has 2 nitrogen and oxygen atoms in total. The number of nitrogens with zero attached hydrogens (tertiary/aromatic N) is 1. The number of hydrogen-bond donors (Lipinski definition) is 0. The quantitative estimate of drug-likeness (QED) is 0.765. The molecular formula is C11H9Cl2NO. The summed E-state index contributed by atoms with van der Waals surface area (Å²) in [6.45, 7) is 0. The molecule has 0 bridgehead atoms. The van der Waals surface area contributed by atoms with Gasteiger partial charge in [0.2, 0.25) is 5.89 Å². The van der Waals surface area contributed by atoms with Crippen molar-refractivity contribution in [1.82, 2.24) is 4.98 Å². The molecule has 1 aromatic carbocycles. The summed E-state index contributed by atoms with van der Waals surface area (Å²) < 4.78 is 5.51. The number of oxazole rings is 1. The van der Waals surface area contributed by atoms with Gasteiger partial charge in [0.1, 0.15) is 5.76 Å². The molecular weight excluding hydrogens is 233 g/mol. The molecule has 0 N–H and O–H groups in total. The molecule has 2 rings (SSSR count). The maximum absolute atomic E-state index is 5.79. The summed E-state index contributed by atoms with van der Waals surface area (Å²) in [7, 11) is 0. The van der Waals surface area contributed by atoms with Gasteiger partial charge in [-0.05, 0) is 24.3 Å². The number of alkyl halides is 1. The second-order valence-corrected chi connectivity index (χ2v) is 3.89. The SMILES string of the molecule is ClCCc1cnc(-c2ccc(Cl)cc2)o1. The lowest BCUT2D eigenvalue weighted by molar-refractivity contribution is 0.525. The van der Waals surface area contributed by atoms with E-state index in [1.165, 1.54) is 0 Å². The summed E-state index contributed by atoms with van der Waals surface area (Å²) in [4.78, 5) is 4.17. The molecule has 0 amide bonds. The van der Waals surface area contributed by atoms with E-state index in [0.717, 1.165) is 11.3 Å². The number of rotatable bonds is 3. The molecule has 15 heavy (non-hydrogen) atoms. The molecule has 2 aromatic rings. The second-order valence-electron chi connectivity index (χ2n) is 3.08. The zero-order chi connectivity index (χ0) is 10.7. The molecule has 0 spiro atoms. The first-order valence-corrected chi connectivity index (χ1v) is 5.47. The van der Waals surface area contributed by atoms with E-state index in [9.17, 15) is 0 Å². The number of benzene rings is 1. The zero-order valence-electron chi connectivity index (χ0n) is 7.91. The van der Waals surface area contributed by atoms with Crippen molar-refractivity contribution in [3.8, 4) is 11.5 Å². The fraction of sp³-hybridized carbons (Fsp3) is 0.182. The van der Waals surface area contributed by atoms with Crippen molar-refractivity contribution in [2.24, 2.45) is 0 Å². The molecule has 1 aromatic heterocycles. The molecule has 0 radical (unpaired) electrons. The Morgan fingerprint density at radius 2 is 1.93 bits per heavy atom. The molecule has 0 saturated heterocycles. The van der Waals surface area contributed by atoms with Crippen LogP contribution >= 0.6 is 23.2 Å². The van der Waals surface area contributed by atoms with E-state index < -0.39 is 0 Å². The summed E-state index contributed by atoms with van der Waals surface area (Å²) in [6.07, 6.45) is 2.40. The molecule has 0 aliphatic carbocycles. The Morgan fingerprint density at radius 1 is 1.20 bits per heavy atom. The molecule has 0 saturated carbocycles. The van der Waals surface area contributed by atoms with Gasteiger partial charge in [-0.15, -0.1) is 11.6 Å². The number of hydrogen-bond acceptors (Lipinski definition) is 2. The average Bonchev–Trinajstić information content (AvgIpc) is 2.68.